The molecule has 0 aromatic carbocycles. The van der Waals surface area contributed by atoms with Gasteiger partial charge < -0.3 is 14.2 Å². The average molecular weight is 435 g/mol. The summed E-state index contributed by atoms with van der Waals surface area (Å²) in [6.07, 6.45) is 6.94. The van der Waals surface area contributed by atoms with E-state index in [1.807, 2.05) is 25.1 Å². The third-order valence-electron chi connectivity index (χ3n) is 5.48. The molecule has 1 aliphatic rings. The normalized spacial score (nSPS) is 15.4. The molecule has 31 heavy (non-hydrogen) atoms. The first-order valence-corrected chi connectivity index (χ1v) is 11.6. The summed E-state index contributed by atoms with van der Waals surface area (Å²) in [6, 6.07) is 7.87. The van der Waals surface area contributed by atoms with Gasteiger partial charge in [0.2, 0.25) is 5.03 Å². The number of pyridine rings is 3. The van der Waals surface area contributed by atoms with Crippen LogP contribution in [0.1, 0.15) is 5.56 Å². The molecule has 9 heteroatoms. The molecule has 1 atom stereocenters. The molecule has 158 valence electrons. The smallest absolute Gasteiger partial charge is 0.244 e. The van der Waals surface area contributed by atoms with Crippen LogP contribution in [0.3, 0.4) is 0 Å². The Morgan fingerprint density at radius 1 is 1.10 bits per heavy atom. The number of hydrogen-bond acceptors (Lipinski definition) is 7. The number of aromatic nitrogens is 5. The molecule has 1 N–H and O–H groups in total. The standard InChI is InChI=1S/C22H22N6O2S/c1-14-11-20(31(2)29)24-13-17(14)16-12-19(28-7-9-30-10-8-28)26-21-15(16)3-5-23-22(21)18-4-6-25-27-18/h3-6,11-13H,7-10H2,1-2H3,(H,25,27). The number of nitrogens with one attached hydrogen (secondary N) is 1. The van der Waals surface area contributed by atoms with E-state index in [4.69, 9.17) is 9.72 Å². The summed E-state index contributed by atoms with van der Waals surface area (Å²) in [5.41, 5.74) is 5.39. The van der Waals surface area contributed by atoms with Crippen molar-refractivity contribution in [1.82, 2.24) is 25.1 Å². The summed E-state index contributed by atoms with van der Waals surface area (Å²) >= 11 is -1.13. The Hall–Kier alpha value is -3.01. The van der Waals surface area contributed by atoms with Crippen molar-refractivity contribution in [2.24, 2.45) is 0 Å². The first kappa shape index (κ1) is 19.9. The summed E-state index contributed by atoms with van der Waals surface area (Å²) < 4.78 is 17.4. The number of fused-ring (bicyclic) bond motifs is 1. The van der Waals surface area contributed by atoms with Crippen molar-refractivity contribution in [1.29, 1.82) is 0 Å². The summed E-state index contributed by atoms with van der Waals surface area (Å²) in [5, 5.41) is 8.64. The number of rotatable bonds is 4. The van der Waals surface area contributed by atoms with Crippen molar-refractivity contribution >= 4 is 27.9 Å². The Morgan fingerprint density at radius 3 is 2.65 bits per heavy atom. The van der Waals surface area contributed by atoms with E-state index in [1.165, 1.54) is 0 Å². The molecule has 4 aromatic rings. The number of anilines is 1. The van der Waals surface area contributed by atoms with Gasteiger partial charge >= 0.3 is 0 Å². The van der Waals surface area contributed by atoms with E-state index < -0.39 is 11.2 Å². The molecule has 0 aliphatic carbocycles. The van der Waals surface area contributed by atoms with Crippen LogP contribution in [-0.2, 0) is 15.9 Å². The first-order valence-electron chi connectivity index (χ1n) is 10.0. The van der Waals surface area contributed by atoms with Gasteiger partial charge in [-0.1, -0.05) is 0 Å². The molecule has 0 radical (unpaired) electrons. The molecule has 0 amide bonds. The third-order valence-corrected chi connectivity index (χ3v) is 6.29. The van der Waals surface area contributed by atoms with E-state index in [9.17, 15) is 4.55 Å². The second-order valence-corrected chi connectivity index (χ2v) is 8.77. The van der Waals surface area contributed by atoms with Crippen LogP contribution in [0.4, 0.5) is 5.82 Å². The molecule has 4 aromatic heterocycles. The lowest BCUT2D eigenvalue weighted by molar-refractivity contribution is 0.122. The fraction of sp³-hybridized carbons (Fsp3) is 0.273. The first-order chi connectivity index (χ1) is 15.1. The predicted octanol–water partition coefficient (Wildman–Crippen LogP) is 2.96. The number of H-pyrrole nitrogens is 1. The van der Waals surface area contributed by atoms with Crippen LogP contribution in [0.15, 0.2) is 47.9 Å². The van der Waals surface area contributed by atoms with Crippen molar-refractivity contribution in [3.63, 3.8) is 0 Å². The highest BCUT2D eigenvalue weighted by atomic mass is 32.2. The zero-order chi connectivity index (χ0) is 21.4. The zero-order valence-corrected chi connectivity index (χ0v) is 18.1. The van der Waals surface area contributed by atoms with E-state index in [-0.39, 0.29) is 0 Å². The lowest BCUT2D eigenvalue weighted by Crippen LogP contribution is -2.36. The zero-order valence-electron chi connectivity index (χ0n) is 17.3. The number of nitrogens with zero attached hydrogens (tertiary/aromatic N) is 5. The minimum absolute atomic E-state index is 0.577. The minimum Gasteiger partial charge on any atom is -0.610 e. The SMILES string of the molecule is Cc1cc([S+](C)[O-])ncc1-c1cc(N2CCOCC2)nc2c(-c3ccn[nH]3)nccc12. The van der Waals surface area contributed by atoms with Crippen LogP contribution in [0.5, 0.6) is 0 Å². The van der Waals surface area contributed by atoms with Crippen molar-refractivity contribution in [2.45, 2.75) is 11.9 Å². The van der Waals surface area contributed by atoms with Gasteiger partial charge in [-0.3, -0.25) is 10.1 Å². The van der Waals surface area contributed by atoms with E-state index in [0.717, 1.165) is 57.9 Å². The Balaban J connectivity index is 1.76. The largest absolute Gasteiger partial charge is 0.610 e. The second kappa shape index (κ2) is 8.26. The van der Waals surface area contributed by atoms with Crippen LogP contribution >= 0.6 is 0 Å². The van der Waals surface area contributed by atoms with E-state index >= 15 is 0 Å². The number of ether oxygens (including phenoxy) is 1. The van der Waals surface area contributed by atoms with Crippen LogP contribution in [0.2, 0.25) is 0 Å². The van der Waals surface area contributed by atoms with Gasteiger partial charge in [-0.2, -0.15) is 5.10 Å². The van der Waals surface area contributed by atoms with E-state index in [1.54, 1.807) is 24.8 Å². The number of aromatic amines is 1. The molecule has 1 fully saturated rings. The van der Waals surface area contributed by atoms with Gasteiger partial charge in [-0.05, 0) is 36.2 Å². The lowest BCUT2D eigenvalue weighted by Gasteiger charge is -2.28. The topological polar surface area (TPSA) is 103 Å². The van der Waals surface area contributed by atoms with Gasteiger partial charge in [-0.15, -0.1) is 0 Å². The molecule has 0 bridgehead atoms. The molecule has 1 saturated heterocycles. The van der Waals surface area contributed by atoms with Crippen LogP contribution < -0.4 is 4.90 Å². The minimum atomic E-state index is -1.13. The summed E-state index contributed by atoms with van der Waals surface area (Å²) in [7, 11) is 0. The van der Waals surface area contributed by atoms with Gasteiger partial charge in [0.1, 0.15) is 23.3 Å². The highest BCUT2D eigenvalue weighted by Gasteiger charge is 2.20. The quantitative estimate of drug-likeness (QED) is 0.493. The predicted molar refractivity (Wildman–Crippen MR) is 120 cm³/mol. The number of aryl methyl sites for hydroxylation is 1. The van der Waals surface area contributed by atoms with E-state index in [2.05, 4.69) is 31.1 Å². The van der Waals surface area contributed by atoms with Gasteiger partial charge in [0, 0.05) is 59.9 Å². The molecule has 8 nitrogen and oxygen atoms in total. The maximum Gasteiger partial charge on any atom is 0.244 e. The van der Waals surface area contributed by atoms with Crippen molar-refractivity contribution in [3.8, 4) is 22.5 Å². The average Bonchev–Trinajstić information content (AvgIpc) is 3.33. The highest BCUT2D eigenvalue weighted by molar-refractivity contribution is 7.90. The van der Waals surface area contributed by atoms with Crippen molar-refractivity contribution < 1.29 is 9.29 Å². The highest BCUT2D eigenvalue weighted by Crippen LogP contribution is 2.36. The van der Waals surface area contributed by atoms with Crippen molar-refractivity contribution in [3.05, 3.63) is 48.4 Å². The van der Waals surface area contributed by atoms with Crippen LogP contribution in [0, 0.1) is 6.92 Å². The maximum atomic E-state index is 11.9. The summed E-state index contributed by atoms with van der Waals surface area (Å²) in [4.78, 5) is 16.3. The Bertz CT molecular complexity index is 1220. The molecular weight excluding hydrogens is 412 g/mol. The monoisotopic (exact) mass is 434 g/mol. The van der Waals surface area contributed by atoms with Crippen LogP contribution in [0.25, 0.3) is 33.4 Å². The van der Waals surface area contributed by atoms with Crippen LogP contribution in [-0.4, -0.2) is 62.3 Å². The van der Waals surface area contributed by atoms with Gasteiger partial charge in [0.15, 0.2) is 0 Å². The fourth-order valence-electron chi connectivity index (χ4n) is 3.87. The van der Waals surface area contributed by atoms with E-state index in [0.29, 0.717) is 18.2 Å². The van der Waals surface area contributed by atoms with Crippen molar-refractivity contribution in [2.75, 3.05) is 37.5 Å². The number of hydrogen-bond donors (Lipinski definition) is 1. The lowest BCUT2D eigenvalue weighted by atomic mass is 9.98. The Kier molecular flexibility index (Phi) is 5.31. The molecule has 0 spiro atoms. The molecular formula is C22H22N6O2S. The Morgan fingerprint density at radius 2 is 1.94 bits per heavy atom. The van der Waals surface area contributed by atoms with Gasteiger partial charge in [-0.25, -0.2) is 9.97 Å². The fourth-order valence-corrected chi connectivity index (χ4v) is 4.41. The van der Waals surface area contributed by atoms with Gasteiger partial charge in [0.05, 0.1) is 18.9 Å². The third kappa shape index (κ3) is 3.76. The Labute approximate surface area is 182 Å². The summed E-state index contributed by atoms with van der Waals surface area (Å²) in [5.74, 6) is 0.877. The van der Waals surface area contributed by atoms with Gasteiger partial charge in [0.25, 0.3) is 0 Å². The molecule has 5 rings (SSSR count). The summed E-state index contributed by atoms with van der Waals surface area (Å²) in [6.45, 7) is 4.93. The number of morpholine rings is 1. The molecule has 1 aliphatic heterocycles. The molecule has 5 heterocycles. The second-order valence-electron chi connectivity index (χ2n) is 7.45. The maximum absolute atomic E-state index is 11.9. The molecule has 0 saturated carbocycles. The molecule has 1 unspecified atom stereocenters.